The number of likely N-dealkylation sites (N-methyl/N-ethyl adjacent to an activating group) is 1. The molecule has 3 saturated heterocycles. The van der Waals surface area contributed by atoms with Crippen LogP contribution in [0.2, 0.25) is 0 Å². The summed E-state index contributed by atoms with van der Waals surface area (Å²) in [5.41, 5.74) is 0.982. The standard InChI is InChI=1S/C23H34N4O5S/c1-25-18(5-8-21(28)26-11-13-32-14-12-26)15-24-23(29)22-20(25)9-10-27(22)16-17-3-6-19(7-4-17)33(2,30)31/h3-4,6-7,18,20,22H,5,8-16H2,1-2H3,(H,24,29)/t18-,20+,22-/m0/s1. The van der Waals surface area contributed by atoms with Gasteiger partial charge in [-0.05, 0) is 37.6 Å². The predicted octanol–water partition coefficient (Wildman–Crippen LogP) is 0.102. The number of benzene rings is 1. The molecule has 0 bridgehead atoms. The summed E-state index contributed by atoms with van der Waals surface area (Å²) >= 11 is 0. The summed E-state index contributed by atoms with van der Waals surface area (Å²) in [5, 5.41) is 3.10. The van der Waals surface area contributed by atoms with Crippen molar-refractivity contribution in [1.82, 2.24) is 20.0 Å². The van der Waals surface area contributed by atoms with Gasteiger partial charge in [0.25, 0.3) is 0 Å². The summed E-state index contributed by atoms with van der Waals surface area (Å²) in [6.45, 7) is 4.42. The molecule has 182 valence electrons. The predicted molar refractivity (Wildman–Crippen MR) is 123 cm³/mol. The summed E-state index contributed by atoms with van der Waals surface area (Å²) in [4.78, 5) is 32.2. The molecule has 9 nitrogen and oxygen atoms in total. The molecular formula is C23H34N4O5S. The molecule has 2 amide bonds. The lowest BCUT2D eigenvalue weighted by Crippen LogP contribution is -2.49. The maximum atomic E-state index is 13.0. The van der Waals surface area contributed by atoms with Crippen LogP contribution in [0.3, 0.4) is 0 Å². The molecule has 0 radical (unpaired) electrons. The van der Waals surface area contributed by atoms with Gasteiger partial charge in [-0.1, -0.05) is 12.1 Å². The number of morpholine rings is 1. The fourth-order valence-corrected chi connectivity index (χ4v) is 5.79. The van der Waals surface area contributed by atoms with Crippen molar-refractivity contribution in [3.8, 4) is 0 Å². The molecule has 0 aromatic heterocycles. The van der Waals surface area contributed by atoms with E-state index in [1.54, 1.807) is 12.1 Å². The molecule has 3 atom stereocenters. The maximum absolute atomic E-state index is 13.0. The lowest BCUT2D eigenvalue weighted by Gasteiger charge is -2.33. The van der Waals surface area contributed by atoms with E-state index in [0.717, 1.165) is 18.5 Å². The van der Waals surface area contributed by atoms with Crippen LogP contribution in [0.1, 0.15) is 24.8 Å². The highest BCUT2D eigenvalue weighted by Crippen LogP contribution is 2.29. The van der Waals surface area contributed by atoms with E-state index in [-0.39, 0.29) is 29.9 Å². The van der Waals surface area contributed by atoms with E-state index < -0.39 is 9.84 Å². The van der Waals surface area contributed by atoms with Crippen molar-refractivity contribution in [2.24, 2.45) is 0 Å². The van der Waals surface area contributed by atoms with Crippen LogP contribution < -0.4 is 5.32 Å². The first-order valence-electron chi connectivity index (χ1n) is 11.6. The number of sulfone groups is 1. The summed E-state index contributed by atoms with van der Waals surface area (Å²) in [6.07, 6.45) is 3.26. The van der Waals surface area contributed by atoms with Crippen LogP contribution in [0.5, 0.6) is 0 Å². The number of hydrogen-bond acceptors (Lipinski definition) is 7. The van der Waals surface area contributed by atoms with Gasteiger partial charge >= 0.3 is 0 Å². The van der Waals surface area contributed by atoms with E-state index in [1.807, 2.05) is 17.0 Å². The van der Waals surface area contributed by atoms with Gasteiger partial charge in [-0.25, -0.2) is 8.42 Å². The summed E-state index contributed by atoms with van der Waals surface area (Å²) in [6, 6.07) is 6.83. The molecule has 1 aromatic rings. The van der Waals surface area contributed by atoms with E-state index in [1.165, 1.54) is 6.26 Å². The number of amides is 2. The smallest absolute Gasteiger partial charge is 0.239 e. The Hall–Kier alpha value is -2.01. The molecule has 3 aliphatic rings. The van der Waals surface area contributed by atoms with E-state index in [4.69, 9.17) is 4.74 Å². The van der Waals surface area contributed by atoms with Gasteiger partial charge in [-0.2, -0.15) is 0 Å². The molecular weight excluding hydrogens is 444 g/mol. The third-order valence-electron chi connectivity index (χ3n) is 7.14. The average Bonchev–Trinajstić information content (AvgIpc) is 3.17. The third-order valence-corrected chi connectivity index (χ3v) is 8.27. The second-order valence-corrected chi connectivity index (χ2v) is 11.3. The van der Waals surface area contributed by atoms with Gasteiger partial charge in [0, 0.05) is 57.5 Å². The lowest BCUT2D eigenvalue weighted by atomic mass is 10.0. The minimum absolute atomic E-state index is 0.0270. The fraction of sp³-hybridized carbons (Fsp3) is 0.652. The minimum Gasteiger partial charge on any atom is -0.378 e. The summed E-state index contributed by atoms with van der Waals surface area (Å²) in [5.74, 6) is 0.184. The van der Waals surface area contributed by atoms with E-state index in [9.17, 15) is 18.0 Å². The number of nitrogens with zero attached hydrogens (tertiary/aromatic N) is 3. The molecule has 0 unspecified atom stereocenters. The first-order valence-corrected chi connectivity index (χ1v) is 13.5. The Kier molecular flexibility index (Phi) is 7.37. The van der Waals surface area contributed by atoms with Gasteiger partial charge in [0.15, 0.2) is 9.84 Å². The average molecular weight is 479 g/mol. The molecule has 1 aromatic carbocycles. The molecule has 1 N–H and O–H groups in total. The van der Waals surface area contributed by atoms with Crippen molar-refractivity contribution in [2.75, 3.05) is 52.7 Å². The minimum atomic E-state index is -3.23. The Labute approximate surface area is 196 Å². The molecule has 0 aliphatic carbocycles. The molecule has 10 heteroatoms. The number of ether oxygens (including phenoxy) is 1. The summed E-state index contributed by atoms with van der Waals surface area (Å²) < 4.78 is 28.8. The van der Waals surface area contributed by atoms with Gasteiger partial charge in [0.2, 0.25) is 11.8 Å². The zero-order valence-corrected chi connectivity index (χ0v) is 20.2. The number of likely N-dealkylation sites (tertiary alicyclic amines) is 1. The number of fused-ring (bicyclic) bond motifs is 1. The highest BCUT2D eigenvalue weighted by molar-refractivity contribution is 7.90. The Morgan fingerprint density at radius 3 is 2.52 bits per heavy atom. The maximum Gasteiger partial charge on any atom is 0.239 e. The number of carbonyl (C=O) groups excluding carboxylic acids is 2. The Morgan fingerprint density at radius 1 is 1.15 bits per heavy atom. The SMILES string of the molecule is CN1[C@@H](CCC(=O)N2CCOCC2)CNC(=O)[C@@H]2[C@H]1CCN2Cc1ccc(S(C)(=O)=O)cc1. The van der Waals surface area contributed by atoms with Crippen LogP contribution >= 0.6 is 0 Å². The molecule has 3 fully saturated rings. The van der Waals surface area contributed by atoms with Crippen molar-refractivity contribution < 1.29 is 22.7 Å². The third kappa shape index (κ3) is 5.56. The Morgan fingerprint density at radius 2 is 1.85 bits per heavy atom. The van der Waals surface area contributed by atoms with Crippen LogP contribution in [0.25, 0.3) is 0 Å². The van der Waals surface area contributed by atoms with Gasteiger partial charge in [-0.15, -0.1) is 0 Å². The Bertz CT molecular complexity index is 962. The quantitative estimate of drug-likeness (QED) is 0.619. The highest BCUT2D eigenvalue weighted by atomic mass is 32.2. The first-order chi connectivity index (χ1) is 15.7. The molecule has 3 heterocycles. The number of hydrogen-bond donors (Lipinski definition) is 1. The largest absolute Gasteiger partial charge is 0.378 e. The number of rotatable bonds is 6. The number of carbonyl (C=O) groups is 2. The molecule has 3 aliphatic heterocycles. The molecule has 33 heavy (non-hydrogen) atoms. The van der Waals surface area contributed by atoms with Crippen LogP contribution in [0.15, 0.2) is 29.2 Å². The van der Waals surface area contributed by atoms with E-state index >= 15 is 0 Å². The topological polar surface area (TPSA) is 99.3 Å². The van der Waals surface area contributed by atoms with Gasteiger partial charge in [-0.3, -0.25) is 19.4 Å². The van der Waals surface area contributed by atoms with E-state index in [0.29, 0.717) is 57.1 Å². The Balaban J connectivity index is 1.38. The monoisotopic (exact) mass is 478 g/mol. The molecule has 0 saturated carbocycles. The van der Waals surface area contributed by atoms with Crippen LogP contribution in [0.4, 0.5) is 0 Å². The van der Waals surface area contributed by atoms with Crippen LogP contribution in [0, 0.1) is 0 Å². The van der Waals surface area contributed by atoms with Crippen molar-refractivity contribution >= 4 is 21.7 Å². The normalized spacial score (nSPS) is 27.2. The van der Waals surface area contributed by atoms with Gasteiger partial charge in [0.05, 0.1) is 18.1 Å². The highest BCUT2D eigenvalue weighted by Gasteiger charge is 2.45. The van der Waals surface area contributed by atoms with Crippen molar-refractivity contribution in [3.05, 3.63) is 29.8 Å². The van der Waals surface area contributed by atoms with Crippen LogP contribution in [-0.4, -0.2) is 106 Å². The van der Waals surface area contributed by atoms with Gasteiger partial charge < -0.3 is 15.0 Å². The molecule has 0 spiro atoms. The number of nitrogens with one attached hydrogen (secondary N) is 1. The fourth-order valence-electron chi connectivity index (χ4n) is 5.16. The van der Waals surface area contributed by atoms with Crippen molar-refractivity contribution in [2.45, 2.75) is 48.8 Å². The zero-order chi connectivity index (χ0) is 23.6. The van der Waals surface area contributed by atoms with E-state index in [2.05, 4.69) is 22.2 Å². The van der Waals surface area contributed by atoms with Crippen molar-refractivity contribution in [1.29, 1.82) is 0 Å². The van der Waals surface area contributed by atoms with Gasteiger partial charge in [0.1, 0.15) is 6.04 Å². The van der Waals surface area contributed by atoms with Crippen LogP contribution in [-0.2, 0) is 30.7 Å². The molecule has 4 rings (SSSR count). The van der Waals surface area contributed by atoms with Crippen molar-refractivity contribution in [3.63, 3.8) is 0 Å². The summed E-state index contributed by atoms with van der Waals surface area (Å²) in [7, 11) is -1.17. The first kappa shape index (κ1) is 24.1. The second-order valence-electron chi connectivity index (χ2n) is 9.28. The lowest BCUT2D eigenvalue weighted by molar-refractivity contribution is -0.135. The second kappa shape index (κ2) is 10.1. The zero-order valence-electron chi connectivity index (χ0n) is 19.4.